The number of hydrogen-bond acceptors (Lipinski definition) is 4. The highest BCUT2D eigenvalue weighted by Crippen LogP contribution is 2.24. The molecule has 0 aliphatic carbocycles. The Morgan fingerprint density at radius 2 is 2.22 bits per heavy atom. The predicted molar refractivity (Wildman–Crippen MR) is 67.8 cm³/mol. The maximum atomic E-state index is 11.9. The molecule has 0 radical (unpaired) electrons. The van der Waals surface area contributed by atoms with E-state index < -0.39 is 0 Å². The molecule has 0 atom stereocenters. The molecule has 5 heteroatoms. The molecule has 2 rings (SSSR count). The summed E-state index contributed by atoms with van der Waals surface area (Å²) in [5.41, 5.74) is 3.00. The Balaban J connectivity index is 2.66. The van der Waals surface area contributed by atoms with E-state index >= 15 is 0 Å². The standard InChI is InChI=1S/C13H17N3O2/c1-5-18-13(17)10-6-14-16-7-9(4)15-12(16)11(10)8(2)3/h6-8H,5H2,1-4H3. The second-order valence-corrected chi connectivity index (χ2v) is 4.50. The van der Waals surface area contributed by atoms with E-state index in [1.807, 2.05) is 27.0 Å². The van der Waals surface area contributed by atoms with Crippen molar-refractivity contribution >= 4 is 11.6 Å². The van der Waals surface area contributed by atoms with Crippen LogP contribution in [0.15, 0.2) is 12.4 Å². The van der Waals surface area contributed by atoms with Crippen molar-refractivity contribution in [2.75, 3.05) is 6.61 Å². The van der Waals surface area contributed by atoms with Crippen molar-refractivity contribution in [2.24, 2.45) is 0 Å². The number of carbonyl (C=O) groups is 1. The van der Waals surface area contributed by atoms with Gasteiger partial charge < -0.3 is 4.74 Å². The van der Waals surface area contributed by atoms with Crippen molar-refractivity contribution in [1.29, 1.82) is 0 Å². The fraction of sp³-hybridized carbons (Fsp3) is 0.462. The zero-order chi connectivity index (χ0) is 13.3. The molecule has 0 amide bonds. The molecule has 0 unspecified atom stereocenters. The van der Waals surface area contributed by atoms with Crippen LogP contribution < -0.4 is 0 Å². The van der Waals surface area contributed by atoms with Gasteiger partial charge in [0.05, 0.1) is 30.3 Å². The lowest BCUT2D eigenvalue weighted by Gasteiger charge is -2.12. The topological polar surface area (TPSA) is 56.5 Å². The largest absolute Gasteiger partial charge is 0.462 e. The lowest BCUT2D eigenvalue weighted by molar-refractivity contribution is 0.0524. The molecule has 0 spiro atoms. The number of imidazole rings is 1. The van der Waals surface area contributed by atoms with Crippen molar-refractivity contribution in [3.8, 4) is 0 Å². The molecule has 5 nitrogen and oxygen atoms in total. The van der Waals surface area contributed by atoms with Crippen LogP contribution >= 0.6 is 0 Å². The van der Waals surface area contributed by atoms with Crippen LogP contribution in [0.5, 0.6) is 0 Å². The average molecular weight is 247 g/mol. The molecule has 96 valence electrons. The van der Waals surface area contributed by atoms with E-state index in [2.05, 4.69) is 10.1 Å². The van der Waals surface area contributed by atoms with Gasteiger partial charge in [-0.25, -0.2) is 14.3 Å². The first-order valence-corrected chi connectivity index (χ1v) is 6.06. The van der Waals surface area contributed by atoms with Crippen molar-refractivity contribution in [3.63, 3.8) is 0 Å². The van der Waals surface area contributed by atoms with E-state index in [9.17, 15) is 4.79 Å². The Bertz CT molecular complexity index is 587. The molecule has 0 aliphatic rings. The molecule has 18 heavy (non-hydrogen) atoms. The smallest absolute Gasteiger partial charge is 0.340 e. The second-order valence-electron chi connectivity index (χ2n) is 4.50. The van der Waals surface area contributed by atoms with Gasteiger partial charge in [0.25, 0.3) is 0 Å². The number of ether oxygens (including phenoxy) is 1. The summed E-state index contributed by atoms with van der Waals surface area (Å²) in [5.74, 6) is -0.159. The van der Waals surface area contributed by atoms with Gasteiger partial charge in [-0.15, -0.1) is 0 Å². The quantitative estimate of drug-likeness (QED) is 0.781. The second kappa shape index (κ2) is 4.76. The SMILES string of the molecule is CCOC(=O)c1cnn2cc(C)nc2c1C(C)C. The first-order chi connectivity index (χ1) is 8.54. The molecule has 0 aliphatic heterocycles. The van der Waals surface area contributed by atoms with E-state index in [1.54, 1.807) is 17.6 Å². The Morgan fingerprint density at radius 1 is 1.50 bits per heavy atom. The third-order valence-electron chi connectivity index (χ3n) is 2.72. The van der Waals surface area contributed by atoms with Gasteiger partial charge in [-0.3, -0.25) is 0 Å². The monoisotopic (exact) mass is 247 g/mol. The summed E-state index contributed by atoms with van der Waals surface area (Å²) in [6.45, 7) is 8.11. The summed E-state index contributed by atoms with van der Waals surface area (Å²) in [5, 5.41) is 4.20. The summed E-state index contributed by atoms with van der Waals surface area (Å²) >= 11 is 0. The highest BCUT2D eigenvalue weighted by Gasteiger charge is 2.20. The molecular weight excluding hydrogens is 230 g/mol. The van der Waals surface area contributed by atoms with E-state index in [4.69, 9.17) is 4.74 Å². The molecule has 0 aromatic carbocycles. The van der Waals surface area contributed by atoms with Gasteiger partial charge in [-0.05, 0) is 19.8 Å². The number of esters is 1. The summed E-state index contributed by atoms with van der Waals surface area (Å²) < 4.78 is 6.76. The van der Waals surface area contributed by atoms with Crippen LogP contribution in [-0.4, -0.2) is 27.2 Å². The van der Waals surface area contributed by atoms with Crippen LogP contribution in [0.2, 0.25) is 0 Å². The van der Waals surface area contributed by atoms with Crippen LogP contribution in [0.1, 0.15) is 48.3 Å². The van der Waals surface area contributed by atoms with E-state index in [0.29, 0.717) is 12.2 Å². The van der Waals surface area contributed by atoms with Gasteiger partial charge in [0, 0.05) is 5.56 Å². The maximum Gasteiger partial charge on any atom is 0.340 e. The Hall–Kier alpha value is -1.91. The number of nitrogens with zero attached hydrogens (tertiary/aromatic N) is 3. The lowest BCUT2D eigenvalue weighted by atomic mass is 10.00. The minimum Gasteiger partial charge on any atom is -0.462 e. The minimum atomic E-state index is -0.336. The van der Waals surface area contributed by atoms with Crippen molar-refractivity contribution in [1.82, 2.24) is 14.6 Å². The number of aryl methyl sites for hydroxylation is 1. The lowest BCUT2D eigenvalue weighted by Crippen LogP contribution is -2.12. The van der Waals surface area contributed by atoms with E-state index in [-0.39, 0.29) is 11.9 Å². The summed E-state index contributed by atoms with van der Waals surface area (Å²) in [7, 11) is 0. The van der Waals surface area contributed by atoms with Crippen LogP contribution in [0, 0.1) is 6.92 Å². The number of rotatable bonds is 3. The van der Waals surface area contributed by atoms with Gasteiger partial charge in [0.15, 0.2) is 5.65 Å². The first kappa shape index (κ1) is 12.5. The van der Waals surface area contributed by atoms with Gasteiger partial charge in [0.1, 0.15) is 0 Å². The fourth-order valence-electron chi connectivity index (χ4n) is 2.01. The minimum absolute atomic E-state index is 0.178. The predicted octanol–water partition coefficient (Wildman–Crippen LogP) is 2.34. The molecular formula is C13H17N3O2. The molecule has 0 N–H and O–H groups in total. The van der Waals surface area contributed by atoms with Crippen LogP contribution in [0.3, 0.4) is 0 Å². The average Bonchev–Trinajstić information content (AvgIpc) is 2.67. The summed E-state index contributed by atoms with van der Waals surface area (Å²) in [6.07, 6.45) is 3.40. The molecule has 0 bridgehead atoms. The third kappa shape index (κ3) is 2.08. The highest BCUT2D eigenvalue weighted by atomic mass is 16.5. The maximum absolute atomic E-state index is 11.9. The number of fused-ring (bicyclic) bond motifs is 1. The third-order valence-corrected chi connectivity index (χ3v) is 2.72. The summed E-state index contributed by atoms with van der Waals surface area (Å²) in [6, 6.07) is 0. The van der Waals surface area contributed by atoms with E-state index in [0.717, 1.165) is 16.9 Å². The molecule has 0 fully saturated rings. The van der Waals surface area contributed by atoms with Crippen molar-refractivity contribution in [3.05, 3.63) is 29.2 Å². The van der Waals surface area contributed by atoms with Crippen LogP contribution in [0.4, 0.5) is 0 Å². The first-order valence-electron chi connectivity index (χ1n) is 6.06. The zero-order valence-electron chi connectivity index (χ0n) is 11.1. The van der Waals surface area contributed by atoms with Crippen LogP contribution in [0.25, 0.3) is 5.65 Å². The van der Waals surface area contributed by atoms with Gasteiger partial charge in [0.2, 0.25) is 0 Å². The Labute approximate surface area is 106 Å². The number of aromatic nitrogens is 3. The van der Waals surface area contributed by atoms with Crippen molar-refractivity contribution in [2.45, 2.75) is 33.6 Å². The fourth-order valence-corrected chi connectivity index (χ4v) is 2.01. The Kier molecular flexibility index (Phi) is 3.32. The molecule has 2 heterocycles. The molecule has 0 saturated heterocycles. The molecule has 0 saturated carbocycles. The molecule has 2 aromatic rings. The van der Waals surface area contributed by atoms with Gasteiger partial charge in [-0.2, -0.15) is 5.10 Å². The Morgan fingerprint density at radius 3 is 2.83 bits per heavy atom. The highest BCUT2D eigenvalue weighted by molar-refractivity contribution is 5.92. The summed E-state index contributed by atoms with van der Waals surface area (Å²) in [4.78, 5) is 16.4. The molecule has 2 aromatic heterocycles. The normalized spacial score (nSPS) is 11.2. The van der Waals surface area contributed by atoms with Crippen molar-refractivity contribution < 1.29 is 9.53 Å². The number of hydrogen-bond donors (Lipinski definition) is 0. The van der Waals surface area contributed by atoms with Crippen LogP contribution in [-0.2, 0) is 4.74 Å². The zero-order valence-corrected chi connectivity index (χ0v) is 11.1. The number of carbonyl (C=O) groups excluding carboxylic acids is 1. The van der Waals surface area contributed by atoms with Gasteiger partial charge >= 0.3 is 5.97 Å². The van der Waals surface area contributed by atoms with Gasteiger partial charge in [-0.1, -0.05) is 13.8 Å². The van der Waals surface area contributed by atoms with E-state index in [1.165, 1.54) is 0 Å².